The summed E-state index contributed by atoms with van der Waals surface area (Å²) in [6, 6.07) is 29.1. The number of rotatable bonds is 6. The third-order valence-corrected chi connectivity index (χ3v) is 8.48. The van der Waals surface area contributed by atoms with Gasteiger partial charge in [-0.05, 0) is 92.0 Å². The van der Waals surface area contributed by atoms with Gasteiger partial charge in [0.25, 0.3) is 0 Å². The topological polar surface area (TPSA) is 62.2 Å². The van der Waals surface area contributed by atoms with Crippen molar-refractivity contribution >= 4 is 45.4 Å². The SMILES string of the molecule is Cc1cc(N2C(=S)N[C@@H](c3ccccn3)[C@H]2c2cc(C)n(-c3cccc4ccccc34)c2C)ccc1NC(=O)C(C)C. The van der Waals surface area contributed by atoms with Crippen LogP contribution in [-0.2, 0) is 4.79 Å². The number of fused-ring (bicyclic) bond motifs is 1. The van der Waals surface area contributed by atoms with E-state index in [4.69, 9.17) is 17.2 Å². The minimum atomic E-state index is -0.152. The third-order valence-electron chi connectivity index (χ3n) is 8.16. The number of benzene rings is 3. The predicted molar refractivity (Wildman–Crippen MR) is 175 cm³/mol. The van der Waals surface area contributed by atoms with E-state index in [2.05, 4.69) is 94.6 Å². The number of aromatic nitrogens is 2. The first-order valence-electron chi connectivity index (χ1n) is 14.3. The highest BCUT2D eigenvalue weighted by atomic mass is 32.1. The first kappa shape index (κ1) is 27.7. The summed E-state index contributed by atoms with van der Waals surface area (Å²) < 4.78 is 2.35. The maximum absolute atomic E-state index is 12.4. The molecule has 1 saturated heterocycles. The van der Waals surface area contributed by atoms with Crippen LogP contribution in [0, 0.1) is 26.7 Å². The van der Waals surface area contributed by atoms with Crippen molar-refractivity contribution in [1.82, 2.24) is 14.9 Å². The lowest BCUT2D eigenvalue weighted by Gasteiger charge is -2.29. The maximum atomic E-state index is 12.4. The van der Waals surface area contributed by atoms with Crippen LogP contribution in [0.1, 0.15) is 54.1 Å². The normalized spacial score (nSPS) is 16.7. The van der Waals surface area contributed by atoms with E-state index < -0.39 is 0 Å². The van der Waals surface area contributed by atoms with Crippen LogP contribution in [0.5, 0.6) is 0 Å². The van der Waals surface area contributed by atoms with Crippen LogP contribution < -0.4 is 15.5 Å². The van der Waals surface area contributed by atoms with Gasteiger partial charge in [0.2, 0.25) is 5.91 Å². The molecule has 3 heterocycles. The molecule has 1 fully saturated rings. The first-order valence-corrected chi connectivity index (χ1v) is 14.7. The number of nitrogens with zero attached hydrogens (tertiary/aromatic N) is 3. The van der Waals surface area contributed by atoms with Gasteiger partial charge in [0, 0.05) is 40.3 Å². The second kappa shape index (κ2) is 11.1. The van der Waals surface area contributed by atoms with Crippen LogP contribution in [0.2, 0.25) is 0 Å². The average molecular weight is 574 g/mol. The summed E-state index contributed by atoms with van der Waals surface area (Å²) in [4.78, 5) is 19.3. The quantitative estimate of drug-likeness (QED) is 0.204. The summed E-state index contributed by atoms with van der Waals surface area (Å²) in [5.74, 6) is -0.0990. The Bertz CT molecular complexity index is 1800. The molecule has 3 aromatic carbocycles. The largest absolute Gasteiger partial charge is 0.351 e. The Kier molecular flexibility index (Phi) is 7.29. The summed E-state index contributed by atoms with van der Waals surface area (Å²) in [5.41, 5.74) is 8.32. The van der Waals surface area contributed by atoms with Crippen molar-refractivity contribution < 1.29 is 4.79 Å². The highest BCUT2D eigenvalue weighted by Gasteiger charge is 2.42. The number of aryl methyl sites for hydroxylation is 2. The molecule has 0 aliphatic carbocycles. The van der Waals surface area contributed by atoms with Gasteiger partial charge in [-0.1, -0.05) is 56.3 Å². The van der Waals surface area contributed by atoms with E-state index in [1.807, 2.05) is 51.2 Å². The number of carbonyl (C=O) groups excluding carboxylic acids is 1. The molecule has 2 N–H and O–H groups in total. The van der Waals surface area contributed by atoms with Crippen LogP contribution in [-0.4, -0.2) is 20.6 Å². The molecule has 0 bridgehead atoms. The molecule has 6 rings (SSSR count). The lowest BCUT2D eigenvalue weighted by Crippen LogP contribution is -2.29. The highest BCUT2D eigenvalue weighted by molar-refractivity contribution is 7.80. The molecule has 0 saturated carbocycles. The molecule has 42 heavy (non-hydrogen) atoms. The molecule has 1 aliphatic heterocycles. The molecule has 1 amide bonds. The molecule has 2 aromatic heterocycles. The van der Waals surface area contributed by atoms with Crippen molar-refractivity contribution in [2.45, 2.75) is 46.7 Å². The lowest BCUT2D eigenvalue weighted by molar-refractivity contribution is -0.118. The fourth-order valence-electron chi connectivity index (χ4n) is 6.03. The predicted octanol–water partition coefficient (Wildman–Crippen LogP) is 7.72. The Morgan fingerprint density at radius 3 is 2.45 bits per heavy atom. The number of hydrogen-bond acceptors (Lipinski definition) is 3. The molecular formula is C35H35N5OS. The summed E-state index contributed by atoms with van der Waals surface area (Å²) in [6.45, 7) is 10.2. The fourth-order valence-corrected chi connectivity index (χ4v) is 6.37. The van der Waals surface area contributed by atoms with Crippen molar-refractivity contribution in [3.63, 3.8) is 0 Å². The molecular weight excluding hydrogens is 538 g/mol. The van der Waals surface area contributed by atoms with Crippen LogP contribution in [0.25, 0.3) is 16.5 Å². The molecule has 212 valence electrons. The Morgan fingerprint density at radius 1 is 0.952 bits per heavy atom. The van der Waals surface area contributed by atoms with E-state index in [-0.39, 0.29) is 23.9 Å². The summed E-state index contributed by atoms with van der Waals surface area (Å²) in [6.07, 6.45) is 1.83. The number of amides is 1. The van der Waals surface area contributed by atoms with E-state index in [9.17, 15) is 4.79 Å². The van der Waals surface area contributed by atoms with Gasteiger partial charge in [-0.2, -0.15) is 0 Å². The first-order chi connectivity index (χ1) is 20.2. The van der Waals surface area contributed by atoms with Gasteiger partial charge < -0.3 is 20.1 Å². The van der Waals surface area contributed by atoms with Crippen molar-refractivity contribution in [2.24, 2.45) is 5.92 Å². The molecule has 0 radical (unpaired) electrons. The second-order valence-corrected chi connectivity index (χ2v) is 11.7. The summed E-state index contributed by atoms with van der Waals surface area (Å²) in [5, 5.41) is 9.70. The van der Waals surface area contributed by atoms with Gasteiger partial charge in [0.05, 0.1) is 23.5 Å². The molecule has 7 heteroatoms. The average Bonchev–Trinajstić information content (AvgIpc) is 3.48. The Balaban J connectivity index is 1.49. The summed E-state index contributed by atoms with van der Waals surface area (Å²) in [7, 11) is 0. The van der Waals surface area contributed by atoms with E-state index in [1.54, 1.807) is 0 Å². The van der Waals surface area contributed by atoms with E-state index in [0.29, 0.717) is 5.11 Å². The number of hydrogen-bond donors (Lipinski definition) is 2. The number of carbonyl (C=O) groups is 1. The molecule has 6 nitrogen and oxygen atoms in total. The van der Waals surface area contributed by atoms with Gasteiger partial charge in [-0.25, -0.2) is 0 Å². The van der Waals surface area contributed by atoms with Gasteiger partial charge in [-0.3, -0.25) is 9.78 Å². The van der Waals surface area contributed by atoms with Crippen LogP contribution in [0.4, 0.5) is 11.4 Å². The van der Waals surface area contributed by atoms with Crippen LogP contribution in [0.3, 0.4) is 0 Å². The van der Waals surface area contributed by atoms with Crippen molar-refractivity contribution in [3.05, 3.63) is 119 Å². The minimum absolute atomic E-state index is 0.00169. The zero-order valence-electron chi connectivity index (χ0n) is 24.6. The van der Waals surface area contributed by atoms with E-state index in [1.165, 1.54) is 16.3 Å². The van der Waals surface area contributed by atoms with Gasteiger partial charge in [-0.15, -0.1) is 0 Å². The van der Waals surface area contributed by atoms with E-state index >= 15 is 0 Å². The van der Waals surface area contributed by atoms with E-state index in [0.717, 1.165) is 39.7 Å². The molecule has 2 atom stereocenters. The smallest absolute Gasteiger partial charge is 0.226 e. The maximum Gasteiger partial charge on any atom is 0.226 e. The van der Waals surface area contributed by atoms with Crippen LogP contribution >= 0.6 is 12.2 Å². The standard InChI is InChI=1S/C35H35N5OS/c1-21(2)34(41)37-29-17-16-26(19-22(29)3)40-33(32(38-35(40)42)30-14-8-9-18-36-30)28-20-23(4)39(24(28)5)31-15-10-12-25-11-6-7-13-27(25)31/h6-21,32-33H,1-5H3,(H,37,41)(H,38,42)/t32-,33+/m0/s1. The second-order valence-electron chi connectivity index (χ2n) is 11.3. The number of anilines is 2. The Labute approximate surface area is 252 Å². The summed E-state index contributed by atoms with van der Waals surface area (Å²) >= 11 is 6.01. The Hall–Kier alpha value is -4.49. The minimum Gasteiger partial charge on any atom is -0.351 e. The number of thiocarbonyl (C=S) groups is 1. The van der Waals surface area contributed by atoms with Crippen molar-refractivity contribution in [2.75, 3.05) is 10.2 Å². The highest BCUT2D eigenvalue weighted by Crippen LogP contribution is 2.44. The Morgan fingerprint density at radius 2 is 1.71 bits per heavy atom. The van der Waals surface area contributed by atoms with Gasteiger partial charge >= 0.3 is 0 Å². The monoisotopic (exact) mass is 573 g/mol. The lowest BCUT2D eigenvalue weighted by atomic mass is 9.96. The molecule has 0 unspecified atom stereocenters. The third kappa shape index (κ3) is 4.84. The molecule has 5 aromatic rings. The van der Waals surface area contributed by atoms with Crippen molar-refractivity contribution in [3.8, 4) is 5.69 Å². The zero-order chi connectivity index (χ0) is 29.5. The van der Waals surface area contributed by atoms with Gasteiger partial charge in [0.1, 0.15) is 0 Å². The molecule has 1 aliphatic rings. The molecule has 0 spiro atoms. The zero-order valence-corrected chi connectivity index (χ0v) is 25.4. The van der Waals surface area contributed by atoms with Crippen molar-refractivity contribution in [1.29, 1.82) is 0 Å². The fraction of sp³-hybridized carbons (Fsp3) is 0.229. The number of nitrogens with one attached hydrogen (secondary N) is 2. The van der Waals surface area contributed by atoms with Crippen LogP contribution in [0.15, 0.2) is 91.1 Å². The van der Waals surface area contributed by atoms with Gasteiger partial charge in [0.15, 0.2) is 5.11 Å². The number of pyridine rings is 1.